The summed E-state index contributed by atoms with van der Waals surface area (Å²) in [4.78, 5) is 21.4. The third-order valence-electron chi connectivity index (χ3n) is 1.42. The Morgan fingerprint density at radius 3 is 2.15 bits per heavy atom. The van der Waals surface area contributed by atoms with Crippen molar-refractivity contribution in [2.24, 2.45) is 0 Å². The van der Waals surface area contributed by atoms with Crippen LogP contribution in [-0.2, 0) is 14.3 Å². The summed E-state index contributed by atoms with van der Waals surface area (Å²) in [6.07, 6.45) is -0.114. The Hall–Kier alpha value is -0.900. The molecule has 76 valence electrons. The first-order valence-electron chi connectivity index (χ1n) is 4.27. The molecule has 0 radical (unpaired) electrons. The second kappa shape index (κ2) is 4.97. The van der Waals surface area contributed by atoms with Crippen LogP contribution < -0.4 is 0 Å². The van der Waals surface area contributed by atoms with Crippen LogP contribution in [0.4, 0.5) is 0 Å². The van der Waals surface area contributed by atoms with Gasteiger partial charge >= 0.3 is 5.97 Å². The molecule has 4 nitrogen and oxygen atoms in total. The molecular formula is C9H18NO3+. The van der Waals surface area contributed by atoms with Crippen molar-refractivity contribution in [2.75, 3.05) is 34.3 Å². The first-order chi connectivity index (χ1) is 5.81. The van der Waals surface area contributed by atoms with Crippen LogP contribution in [0.15, 0.2) is 0 Å². The second-order valence-electron chi connectivity index (χ2n) is 4.11. The van der Waals surface area contributed by atoms with Crippen molar-refractivity contribution in [2.45, 2.75) is 13.3 Å². The van der Waals surface area contributed by atoms with Crippen LogP contribution in [0.25, 0.3) is 0 Å². The summed E-state index contributed by atoms with van der Waals surface area (Å²) in [5, 5.41) is 0. The van der Waals surface area contributed by atoms with Crippen molar-refractivity contribution in [1.82, 2.24) is 0 Å². The van der Waals surface area contributed by atoms with E-state index < -0.39 is 5.97 Å². The number of ether oxygens (including phenoxy) is 1. The van der Waals surface area contributed by atoms with E-state index in [-0.39, 0.29) is 12.2 Å². The van der Waals surface area contributed by atoms with E-state index in [9.17, 15) is 9.59 Å². The molecule has 0 aliphatic rings. The van der Waals surface area contributed by atoms with Gasteiger partial charge in [-0.2, -0.15) is 0 Å². The number of hydrogen-bond donors (Lipinski definition) is 0. The largest absolute Gasteiger partial charge is 0.459 e. The second-order valence-corrected chi connectivity index (χ2v) is 4.11. The lowest BCUT2D eigenvalue weighted by molar-refractivity contribution is -0.870. The third-order valence-corrected chi connectivity index (χ3v) is 1.42. The Labute approximate surface area is 79.1 Å². The van der Waals surface area contributed by atoms with Gasteiger partial charge in [-0.05, 0) is 6.92 Å². The van der Waals surface area contributed by atoms with Gasteiger partial charge in [0.15, 0.2) is 0 Å². The zero-order chi connectivity index (χ0) is 10.5. The first-order valence-corrected chi connectivity index (χ1v) is 4.27. The third kappa shape index (κ3) is 9.01. The van der Waals surface area contributed by atoms with E-state index in [0.717, 1.165) is 11.0 Å². The number of carbonyl (C=O) groups is 2. The molecule has 0 saturated carbocycles. The lowest BCUT2D eigenvalue weighted by atomic mass is 10.3. The number of esters is 1. The van der Waals surface area contributed by atoms with Crippen molar-refractivity contribution in [3.8, 4) is 0 Å². The molecule has 13 heavy (non-hydrogen) atoms. The van der Waals surface area contributed by atoms with E-state index in [1.54, 1.807) is 0 Å². The molecule has 0 amide bonds. The molecule has 0 atom stereocenters. The SMILES string of the molecule is CC(=O)CC(=O)OCC[N+](C)(C)C. The van der Waals surface area contributed by atoms with Crippen molar-refractivity contribution in [1.29, 1.82) is 0 Å². The van der Waals surface area contributed by atoms with Crippen molar-refractivity contribution < 1.29 is 18.8 Å². The number of Topliss-reactive ketones (excluding diaryl/α,β-unsaturated/α-hetero) is 1. The molecule has 0 heterocycles. The smallest absolute Gasteiger partial charge is 0.313 e. The molecule has 0 unspecified atom stereocenters. The maximum atomic E-state index is 10.9. The predicted molar refractivity (Wildman–Crippen MR) is 49.2 cm³/mol. The summed E-state index contributed by atoms with van der Waals surface area (Å²) in [6.45, 7) is 2.50. The van der Waals surface area contributed by atoms with Crippen molar-refractivity contribution in [3.63, 3.8) is 0 Å². The highest BCUT2D eigenvalue weighted by Crippen LogP contribution is 1.92. The fraction of sp³-hybridized carbons (Fsp3) is 0.778. The van der Waals surface area contributed by atoms with Gasteiger partial charge < -0.3 is 9.22 Å². The van der Waals surface area contributed by atoms with Gasteiger partial charge in [-0.15, -0.1) is 0 Å². The number of nitrogens with zero attached hydrogens (tertiary/aromatic N) is 1. The molecular weight excluding hydrogens is 170 g/mol. The minimum Gasteiger partial charge on any atom is -0.459 e. The Balaban J connectivity index is 3.54. The lowest BCUT2D eigenvalue weighted by Gasteiger charge is -2.23. The van der Waals surface area contributed by atoms with Gasteiger partial charge in [0.1, 0.15) is 25.4 Å². The highest BCUT2D eigenvalue weighted by atomic mass is 16.5. The van der Waals surface area contributed by atoms with Crippen molar-refractivity contribution in [3.05, 3.63) is 0 Å². The Morgan fingerprint density at radius 2 is 1.77 bits per heavy atom. The van der Waals surface area contributed by atoms with E-state index in [0.29, 0.717) is 6.61 Å². The topological polar surface area (TPSA) is 43.4 Å². The van der Waals surface area contributed by atoms with E-state index >= 15 is 0 Å². The predicted octanol–water partition coefficient (Wildman–Crippen LogP) is 0.215. The summed E-state index contributed by atoms with van der Waals surface area (Å²) in [7, 11) is 6.04. The average molecular weight is 188 g/mol. The Morgan fingerprint density at radius 1 is 1.23 bits per heavy atom. The molecule has 0 aliphatic heterocycles. The van der Waals surface area contributed by atoms with Gasteiger partial charge in [0.25, 0.3) is 0 Å². The summed E-state index contributed by atoms with van der Waals surface area (Å²) in [5.74, 6) is -0.587. The van der Waals surface area contributed by atoms with Crippen LogP contribution in [0.5, 0.6) is 0 Å². The van der Waals surface area contributed by atoms with Gasteiger partial charge in [0.05, 0.1) is 21.1 Å². The van der Waals surface area contributed by atoms with Crippen LogP contribution in [0, 0.1) is 0 Å². The van der Waals surface area contributed by atoms with Crippen LogP contribution in [0.1, 0.15) is 13.3 Å². The molecule has 0 aromatic rings. The van der Waals surface area contributed by atoms with Gasteiger partial charge in [0.2, 0.25) is 0 Å². The molecule has 0 spiro atoms. The standard InChI is InChI=1S/C9H18NO3/c1-8(11)7-9(12)13-6-5-10(2,3)4/h5-7H2,1-4H3/q+1. The number of likely N-dealkylation sites (N-methyl/N-ethyl adjacent to an activating group) is 1. The molecule has 0 rings (SSSR count). The van der Waals surface area contributed by atoms with E-state index in [1.807, 2.05) is 21.1 Å². The molecule has 0 fully saturated rings. The zero-order valence-electron chi connectivity index (χ0n) is 8.79. The van der Waals surface area contributed by atoms with Crippen LogP contribution >= 0.6 is 0 Å². The highest BCUT2D eigenvalue weighted by molar-refractivity contribution is 5.94. The summed E-state index contributed by atoms with van der Waals surface area (Å²) >= 11 is 0. The van der Waals surface area contributed by atoms with E-state index in [1.165, 1.54) is 6.92 Å². The minimum absolute atomic E-state index is 0.114. The molecule has 0 aliphatic carbocycles. The Bertz CT molecular complexity index is 194. The lowest BCUT2D eigenvalue weighted by Crippen LogP contribution is -2.38. The number of rotatable bonds is 5. The highest BCUT2D eigenvalue weighted by Gasteiger charge is 2.10. The first kappa shape index (κ1) is 12.1. The zero-order valence-corrected chi connectivity index (χ0v) is 8.79. The van der Waals surface area contributed by atoms with Crippen LogP contribution in [0.2, 0.25) is 0 Å². The van der Waals surface area contributed by atoms with E-state index in [2.05, 4.69) is 0 Å². The molecule has 4 heteroatoms. The summed E-state index contributed by atoms with van der Waals surface area (Å²) in [5.41, 5.74) is 0. The minimum atomic E-state index is -0.430. The number of ketones is 1. The van der Waals surface area contributed by atoms with Gasteiger partial charge in [-0.3, -0.25) is 9.59 Å². The number of carbonyl (C=O) groups excluding carboxylic acids is 2. The number of hydrogen-bond acceptors (Lipinski definition) is 3. The maximum absolute atomic E-state index is 10.9. The molecule has 0 saturated heterocycles. The fourth-order valence-corrected chi connectivity index (χ4v) is 0.688. The van der Waals surface area contributed by atoms with Crippen molar-refractivity contribution >= 4 is 11.8 Å². The van der Waals surface area contributed by atoms with Crippen LogP contribution in [-0.4, -0.2) is 50.5 Å². The quantitative estimate of drug-likeness (QED) is 0.352. The van der Waals surface area contributed by atoms with Gasteiger partial charge in [-0.25, -0.2) is 0 Å². The summed E-state index contributed by atoms with van der Waals surface area (Å²) in [6, 6.07) is 0. The van der Waals surface area contributed by atoms with Gasteiger partial charge in [-0.1, -0.05) is 0 Å². The normalized spacial score (nSPS) is 11.1. The number of quaternary nitrogens is 1. The molecule has 0 aromatic heterocycles. The molecule has 0 N–H and O–H groups in total. The van der Waals surface area contributed by atoms with Crippen LogP contribution in [0.3, 0.4) is 0 Å². The van der Waals surface area contributed by atoms with Gasteiger partial charge in [0, 0.05) is 0 Å². The average Bonchev–Trinajstić information content (AvgIpc) is 1.81. The molecule has 0 bridgehead atoms. The Kier molecular flexibility index (Phi) is 4.62. The fourth-order valence-electron chi connectivity index (χ4n) is 0.688. The maximum Gasteiger partial charge on any atom is 0.313 e. The monoisotopic (exact) mass is 188 g/mol. The summed E-state index contributed by atoms with van der Waals surface area (Å²) < 4.78 is 5.60. The van der Waals surface area contributed by atoms with E-state index in [4.69, 9.17) is 4.74 Å². The molecule has 0 aromatic carbocycles.